The summed E-state index contributed by atoms with van der Waals surface area (Å²) in [5.74, 6) is 0.270. The molecule has 0 aromatic carbocycles. The Labute approximate surface area is 86.9 Å². The van der Waals surface area contributed by atoms with Crippen molar-refractivity contribution in [2.24, 2.45) is 0 Å². The van der Waals surface area contributed by atoms with E-state index in [1.165, 1.54) is 30.4 Å². The molecule has 0 aromatic heterocycles. The maximum absolute atomic E-state index is 11.3. The molecule has 0 radical (unpaired) electrons. The van der Waals surface area contributed by atoms with Crippen LogP contribution in [-0.4, -0.2) is 5.78 Å². The SMILES string of the molecule is CCCCC(=O)/C=C\C(C)=C1CCC1. The Hall–Kier alpha value is -0.850. The highest BCUT2D eigenvalue weighted by Gasteiger charge is 2.09. The molecule has 1 heteroatoms. The highest BCUT2D eigenvalue weighted by Crippen LogP contribution is 2.28. The van der Waals surface area contributed by atoms with E-state index in [1.807, 2.05) is 6.08 Å². The van der Waals surface area contributed by atoms with Crippen molar-refractivity contribution >= 4 is 5.78 Å². The molecule has 0 bridgehead atoms. The predicted octanol–water partition coefficient (Wildman–Crippen LogP) is 3.80. The third-order valence-electron chi connectivity index (χ3n) is 2.81. The number of unbranched alkanes of at least 4 members (excludes halogenated alkanes) is 1. The molecule has 0 aliphatic heterocycles. The van der Waals surface area contributed by atoms with Crippen LogP contribution >= 0.6 is 0 Å². The second-order valence-corrected chi connectivity index (χ2v) is 4.04. The lowest BCUT2D eigenvalue weighted by molar-refractivity contribution is -0.114. The Morgan fingerprint density at radius 1 is 1.36 bits per heavy atom. The maximum atomic E-state index is 11.3. The van der Waals surface area contributed by atoms with Gasteiger partial charge in [0.15, 0.2) is 5.78 Å². The van der Waals surface area contributed by atoms with E-state index in [4.69, 9.17) is 0 Å². The molecular weight excluding hydrogens is 172 g/mol. The molecule has 1 aliphatic rings. The Morgan fingerprint density at radius 2 is 2.07 bits per heavy atom. The Balaban J connectivity index is 2.35. The lowest BCUT2D eigenvalue weighted by atomic mass is 9.88. The topological polar surface area (TPSA) is 17.1 Å². The minimum absolute atomic E-state index is 0.270. The first-order valence-electron chi connectivity index (χ1n) is 5.63. The first-order chi connectivity index (χ1) is 6.74. The van der Waals surface area contributed by atoms with Crippen LogP contribution in [0.25, 0.3) is 0 Å². The highest BCUT2D eigenvalue weighted by atomic mass is 16.1. The van der Waals surface area contributed by atoms with Crippen LogP contribution in [0.3, 0.4) is 0 Å². The first kappa shape index (κ1) is 11.2. The number of allylic oxidation sites excluding steroid dienone is 4. The van der Waals surface area contributed by atoms with Crippen LogP contribution in [0, 0.1) is 0 Å². The van der Waals surface area contributed by atoms with Crippen LogP contribution in [0.5, 0.6) is 0 Å². The van der Waals surface area contributed by atoms with E-state index in [0.717, 1.165) is 12.8 Å². The van der Waals surface area contributed by atoms with Crippen LogP contribution in [0.15, 0.2) is 23.3 Å². The number of ketones is 1. The molecule has 0 aromatic rings. The zero-order valence-corrected chi connectivity index (χ0v) is 9.31. The first-order valence-corrected chi connectivity index (χ1v) is 5.63. The fourth-order valence-corrected chi connectivity index (χ4v) is 1.52. The number of carbonyl (C=O) groups excluding carboxylic acids is 1. The minimum atomic E-state index is 0.270. The maximum Gasteiger partial charge on any atom is 0.155 e. The molecule has 1 rings (SSSR count). The van der Waals surface area contributed by atoms with Crippen LogP contribution in [0.1, 0.15) is 52.4 Å². The molecule has 0 unspecified atom stereocenters. The molecule has 1 nitrogen and oxygen atoms in total. The molecule has 0 heterocycles. The van der Waals surface area contributed by atoms with Gasteiger partial charge in [-0.25, -0.2) is 0 Å². The van der Waals surface area contributed by atoms with Crippen LogP contribution in [-0.2, 0) is 4.79 Å². The smallest absolute Gasteiger partial charge is 0.155 e. The van der Waals surface area contributed by atoms with Gasteiger partial charge in [-0.3, -0.25) is 4.79 Å². The summed E-state index contributed by atoms with van der Waals surface area (Å²) in [7, 11) is 0. The van der Waals surface area contributed by atoms with E-state index >= 15 is 0 Å². The van der Waals surface area contributed by atoms with Gasteiger partial charge < -0.3 is 0 Å². The van der Waals surface area contributed by atoms with Gasteiger partial charge in [-0.1, -0.05) is 30.6 Å². The van der Waals surface area contributed by atoms with Gasteiger partial charge >= 0.3 is 0 Å². The average molecular weight is 192 g/mol. The van der Waals surface area contributed by atoms with Crippen LogP contribution in [0.2, 0.25) is 0 Å². The molecular formula is C13H20O. The summed E-state index contributed by atoms with van der Waals surface area (Å²) in [5, 5.41) is 0. The molecule has 0 spiro atoms. The van der Waals surface area contributed by atoms with Gasteiger partial charge in [0.25, 0.3) is 0 Å². The second kappa shape index (κ2) is 5.79. The minimum Gasteiger partial charge on any atom is -0.295 e. The Morgan fingerprint density at radius 3 is 2.57 bits per heavy atom. The van der Waals surface area contributed by atoms with E-state index in [1.54, 1.807) is 6.08 Å². The Bertz CT molecular complexity index is 252. The van der Waals surface area contributed by atoms with E-state index in [2.05, 4.69) is 13.8 Å². The number of rotatable bonds is 5. The summed E-state index contributed by atoms with van der Waals surface area (Å²) in [4.78, 5) is 11.3. The van der Waals surface area contributed by atoms with E-state index in [0.29, 0.717) is 6.42 Å². The van der Waals surface area contributed by atoms with E-state index in [-0.39, 0.29) is 5.78 Å². The third-order valence-corrected chi connectivity index (χ3v) is 2.81. The average Bonchev–Trinajstić information content (AvgIpc) is 2.08. The fourth-order valence-electron chi connectivity index (χ4n) is 1.52. The lowest BCUT2D eigenvalue weighted by Gasteiger charge is -2.18. The van der Waals surface area contributed by atoms with Gasteiger partial charge in [-0.2, -0.15) is 0 Å². The van der Waals surface area contributed by atoms with Crippen LogP contribution < -0.4 is 0 Å². The van der Waals surface area contributed by atoms with Gasteiger partial charge in [0.1, 0.15) is 0 Å². The van der Waals surface area contributed by atoms with Gasteiger partial charge in [0.05, 0.1) is 0 Å². The summed E-state index contributed by atoms with van der Waals surface area (Å²) in [6.45, 7) is 4.22. The van der Waals surface area contributed by atoms with Crippen molar-refractivity contribution in [3.8, 4) is 0 Å². The molecule has 0 atom stereocenters. The van der Waals surface area contributed by atoms with Crippen LogP contribution in [0.4, 0.5) is 0 Å². The number of hydrogen-bond donors (Lipinski definition) is 0. The Kier molecular flexibility index (Phi) is 4.64. The van der Waals surface area contributed by atoms with Gasteiger partial charge in [-0.05, 0) is 38.7 Å². The van der Waals surface area contributed by atoms with Crippen molar-refractivity contribution in [2.75, 3.05) is 0 Å². The van der Waals surface area contributed by atoms with Gasteiger partial charge in [0, 0.05) is 6.42 Å². The largest absolute Gasteiger partial charge is 0.295 e. The standard InChI is InChI=1S/C13H20O/c1-3-4-8-13(14)10-9-11(2)12-6-5-7-12/h9-10H,3-8H2,1-2H3/b10-9-. The summed E-state index contributed by atoms with van der Waals surface area (Å²) >= 11 is 0. The lowest BCUT2D eigenvalue weighted by Crippen LogP contribution is -1.99. The van der Waals surface area contributed by atoms with Crippen molar-refractivity contribution in [1.29, 1.82) is 0 Å². The molecule has 14 heavy (non-hydrogen) atoms. The fraction of sp³-hybridized carbons (Fsp3) is 0.615. The second-order valence-electron chi connectivity index (χ2n) is 4.04. The molecule has 1 saturated carbocycles. The van der Waals surface area contributed by atoms with Crippen molar-refractivity contribution < 1.29 is 4.79 Å². The predicted molar refractivity (Wildman–Crippen MR) is 60.2 cm³/mol. The van der Waals surface area contributed by atoms with E-state index in [9.17, 15) is 4.79 Å². The molecule has 1 fully saturated rings. The summed E-state index contributed by atoms with van der Waals surface area (Å²) in [5.41, 5.74) is 2.84. The van der Waals surface area contributed by atoms with E-state index < -0.39 is 0 Å². The summed E-state index contributed by atoms with van der Waals surface area (Å²) < 4.78 is 0. The zero-order chi connectivity index (χ0) is 10.4. The molecule has 1 aliphatic carbocycles. The molecule has 0 N–H and O–H groups in total. The summed E-state index contributed by atoms with van der Waals surface area (Å²) in [6.07, 6.45) is 10.3. The highest BCUT2D eigenvalue weighted by molar-refractivity contribution is 5.90. The number of carbonyl (C=O) groups is 1. The molecule has 0 saturated heterocycles. The normalized spacial score (nSPS) is 15.7. The summed E-state index contributed by atoms with van der Waals surface area (Å²) in [6, 6.07) is 0. The number of hydrogen-bond acceptors (Lipinski definition) is 1. The zero-order valence-electron chi connectivity index (χ0n) is 9.31. The third kappa shape index (κ3) is 3.49. The van der Waals surface area contributed by atoms with Crippen molar-refractivity contribution in [2.45, 2.75) is 52.4 Å². The van der Waals surface area contributed by atoms with Crippen molar-refractivity contribution in [3.63, 3.8) is 0 Å². The van der Waals surface area contributed by atoms with Gasteiger partial charge in [0.2, 0.25) is 0 Å². The van der Waals surface area contributed by atoms with Crippen molar-refractivity contribution in [3.05, 3.63) is 23.3 Å². The quantitative estimate of drug-likeness (QED) is 0.605. The molecule has 78 valence electrons. The van der Waals surface area contributed by atoms with Gasteiger partial charge in [-0.15, -0.1) is 0 Å². The van der Waals surface area contributed by atoms with Crippen molar-refractivity contribution in [1.82, 2.24) is 0 Å². The monoisotopic (exact) mass is 192 g/mol. The molecule has 0 amide bonds.